The number of ether oxygens (including phenoxy) is 5. The topological polar surface area (TPSA) is 141 Å². The first-order chi connectivity index (χ1) is 24.4. The fourth-order valence-electron chi connectivity index (χ4n) is 5.35. The molecule has 0 bridgehead atoms. The van der Waals surface area contributed by atoms with Gasteiger partial charge >= 0.3 is 24.1 Å². The molecule has 4 aliphatic heterocycles. The number of methoxy groups -OCH3 is 2. The van der Waals surface area contributed by atoms with Crippen molar-refractivity contribution in [1.82, 2.24) is 9.80 Å². The van der Waals surface area contributed by atoms with E-state index in [2.05, 4.69) is 29.0 Å². The van der Waals surface area contributed by atoms with E-state index in [1.54, 1.807) is 44.3 Å². The second-order valence-electron chi connectivity index (χ2n) is 14.3. The van der Waals surface area contributed by atoms with Gasteiger partial charge in [-0.2, -0.15) is 0 Å². The molecule has 23 heteroatoms. The third-order valence-corrected chi connectivity index (χ3v) is 12.7. The van der Waals surface area contributed by atoms with Crippen LogP contribution in [0.2, 0.25) is 0 Å². The number of fused-ring (bicyclic) bond motifs is 2. The Morgan fingerprint density at radius 1 is 0.627 bits per heavy atom. The molecule has 59 heavy (non-hydrogen) atoms. The number of carbonyl (C=O) groups is 4. The number of hydrogen-bond donors (Lipinski definition) is 1. The number of amides is 2. The van der Waals surface area contributed by atoms with E-state index in [4.69, 9.17) is 18.9 Å². The van der Waals surface area contributed by atoms with Crippen LogP contribution in [0.5, 0.6) is 0 Å². The Morgan fingerprint density at radius 2 is 1.02 bits per heavy atom. The van der Waals surface area contributed by atoms with Crippen molar-refractivity contribution in [2.75, 3.05) is 45.5 Å². The van der Waals surface area contributed by atoms with Gasteiger partial charge < -0.3 is 38.6 Å². The zero-order chi connectivity index (χ0) is 38.3. The molecular formula is C36H48N2O10S4W7. The summed E-state index contributed by atoms with van der Waals surface area (Å²) < 4.78 is 26.0. The van der Waals surface area contributed by atoms with Crippen LogP contribution < -0.4 is 0 Å². The summed E-state index contributed by atoms with van der Waals surface area (Å²) in [7, 11) is 2.55. The van der Waals surface area contributed by atoms with Crippen LogP contribution in [0, 0.1) is 0 Å². The molecule has 2 aromatic carbocycles. The number of likely N-dealkylation sites (tertiary alicyclic amines) is 2. The van der Waals surface area contributed by atoms with E-state index in [0.717, 1.165) is 9.79 Å². The van der Waals surface area contributed by atoms with E-state index in [1.165, 1.54) is 38.9 Å². The van der Waals surface area contributed by atoms with Crippen molar-refractivity contribution < 1.29 is 195 Å². The first-order valence-electron chi connectivity index (χ1n) is 16.7. The largest absolute Gasteiger partial charge is 0.467 e. The number of esters is 2. The predicted octanol–water partition coefficient (Wildman–Crippen LogP) is 7.09. The van der Waals surface area contributed by atoms with Crippen molar-refractivity contribution in [2.24, 2.45) is 0 Å². The van der Waals surface area contributed by atoms with E-state index < -0.39 is 46.5 Å². The van der Waals surface area contributed by atoms with Crippen LogP contribution in [0.4, 0.5) is 9.59 Å². The molecule has 0 saturated carbocycles. The Balaban J connectivity index is -0.000000400. The number of β-amino-alcohol motifs (C(OH)–C–C–N with tert-alkyl or cyclic N) is 1. The molecule has 6 rings (SSSR count). The number of aliphatic hydroxyl groups is 1. The van der Waals surface area contributed by atoms with Gasteiger partial charge in [0.2, 0.25) is 0 Å². The minimum Gasteiger partial charge on any atom is -0.467 e. The molecule has 2 unspecified atom stereocenters. The van der Waals surface area contributed by atoms with E-state index in [9.17, 15) is 24.3 Å². The van der Waals surface area contributed by atoms with Crippen molar-refractivity contribution in [3.05, 3.63) is 48.5 Å². The molecule has 0 aromatic heterocycles. The van der Waals surface area contributed by atoms with Gasteiger partial charge in [0.1, 0.15) is 11.2 Å². The summed E-state index contributed by atoms with van der Waals surface area (Å²) in [6.07, 6.45) is -0.426. The quantitative estimate of drug-likeness (QED) is 0.246. The van der Waals surface area contributed by atoms with Crippen molar-refractivity contribution in [2.45, 2.75) is 101 Å². The van der Waals surface area contributed by atoms with Gasteiger partial charge in [0, 0.05) is 198 Å². The first-order valence-corrected chi connectivity index (χ1v) is 20.4. The summed E-state index contributed by atoms with van der Waals surface area (Å²) >= 11 is 7.00. The number of nitrogens with zero attached hydrogens (tertiary/aromatic N) is 2. The molecule has 1 N–H and O–H groups in total. The van der Waals surface area contributed by atoms with Gasteiger partial charge in [-0.3, -0.25) is 0 Å². The van der Waals surface area contributed by atoms with Crippen molar-refractivity contribution in [3.8, 4) is 0 Å². The Kier molecular flexibility index (Phi) is 34.8. The second kappa shape index (κ2) is 30.4. The average Bonchev–Trinajstić information content (AvgIpc) is 3.89. The molecule has 2 amide bonds. The predicted molar refractivity (Wildman–Crippen MR) is 203 cm³/mol. The van der Waals surface area contributed by atoms with Gasteiger partial charge in [-0.05, 0) is 65.8 Å². The number of hydrogen-bond acceptors (Lipinski definition) is 14. The van der Waals surface area contributed by atoms with E-state index >= 15 is 0 Å². The molecule has 2 aromatic rings. The average molecular weight is 2080 g/mol. The molecule has 2 atom stereocenters. The summed E-state index contributed by atoms with van der Waals surface area (Å²) in [6.45, 7) is 11.4. The Hall–Kier alpha value is 2.06. The fraction of sp³-hybridized carbons (Fsp3) is 0.556. The molecule has 12 nitrogen and oxygen atoms in total. The maximum absolute atomic E-state index is 12.5. The zero-order valence-electron chi connectivity index (χ0n) is 33.7. The molecule has 328 valence electrons. The summed E-state index contributed by atoms with van der Waals surface area (Å²) in [5.41, 5.74) is -3.96. The number of carbonyl (C=O) groups excluding carboxylic acids is 4. The SMILES string of the molecule is COC(=O)C1(O)CCN(C(=O)OC(C)(C)C)C1.COC(=O)C1(OC2Sc3ccccc3S2)CCN(C(=O)OC(C)(C)C)C1.[W].[W].[W].[W].[W].[W].[W].c1ccc2c(c1)SCS2. The van der Waals surface area contributed by atoms with Crippen LogP contribution >= 0.6 is 47.0 Å². The minimum absolute atomic E-state index is 0. The molecule has 0 aliphatic carbocycles. The van der Waals surface area contributed by atoms with Crippen LogP contribution in [0.3, 0.4) is 0 Å². The van der Waals surface area contributed by atoms with Crippen LogP contribution in [-0.2, 0) is 181 Å². The van der Waals surface area contributed by atoms with Crippen LogP contribution in [0.1, 0.15) is 54.4 Å². The van der Waals surface area contributed by atoms with Crippen LogP contribution in [0.25, 0.3) is 0 Å². The Morgan fingerprint density at radius 3 is 1.42 bits per heavy atom. The van der Waals surface area contributed by atoms with Gasteiger partial charge in [-0.15, -0.1) is 23.5 Å². The molecule has 0 radical (unpaired) electrons. The van der Waals surface area contributed by atoms with E-state index in [0.29, 0.717) is 13.0 Å². The van der Waals surface area contributed by atoms with Gasteiger partial charge in [-0.1, -0.05) is 47.8 Å². The second-order valence-corrected chi connectivity index (χ2v) is 19.2. The summed E-state index contributed by atoms with van der Waals surface area (Å²) in [5.74, 6) is -1.18. The summed E-state index contributed by atoms with van der Waals surface area (Å²) in [6, 6.07) is 16.6. The van der Waals surface area contributed by atoms with Gasteiger partial charge in [0.05, 0.1) is 27.3 Å². The normalized spacial score (nSPS) is 19.6. The van der Waals surface area contributed by atoms with Crippen LogP contribution in [0.15, 0.2) is 68.1 Å². The van der Waals surface area contributed by atoms with Crippen molar-refractivity contribution >= 4 is 71.2 Å². The smallest absolute Gasteiger partial charge is 0.410 e. The van der Waals surface area contributed by atoms with Crippen LogP contribution in [-0.4, -0.2) is 112 Å². The maximum atomic E-state index is 12.5. The third kappa shape index (κ3) is 20.6. The third-order valence-electron chi connectivity index (χ3n) is 7.80. The fourth-order valence-corrected chi connectivity index (χ4v) is 10.4. The maximum Gasteiger partial charge on any atom is 0.410 e. The summed E-state index contributed by atoms with van der Waals surface area (Å²) in [5, 5.41) is 11.1. The van der Waals surface area contributed by atoms with Gasteiger partial charge in [-0.25, -0.2) is 19.2 Å². The molecular weight excluding hydrogens is 2040 g/mol. The molecule has 2 fully saturated rings. The van der Waals surface area contributed by atoms with Crippen molar-refractivity contribution in [1.29, 1.82) is 0 Å². The van der Waals surface area contributed by atoms with E-state index in [-0.39, 0.29) is 178 Å². The molecule has 0 spiro atoms. The monoisotopic (exact) mass is 2080 g/mol. The molecule has 4 heterocycles. The first kappa shape index (κ1) is 67.6. The van der Waals surface area contributed by atoms with Gasteiger partial charge in [0.25, 0.3) is 0 Å². The molecule has 2 saturated heterocycles. The standard InChI is InChI=1S/C18H23NO5S2.C11H19NO5.C7H6S2.7W/c1-17(2,3)23-15(21)19-10-9-18(11-19,14(20)22-4)24-16-25-12-7-5-6-8-13(12)26-16;1-10(2,3)17-9(14)12-6-5-11(15,7-12)8(13)16-4;1-2-4-7-6(3-1)8-5-9-7;;;;;;;/h5-8,16H,9-11H2,1-4H3;15H,5-7H2,1-4H3;1-4H,5H2;;;;;;;. The van der Waals surface area contributed by atoms with Gasteiger partial charge in [0.15, 0.2) is 16.0 Å². The Labute approximate surface area is 465 Å². The minimum atomic E-state index is -1.61. The molecule has 4 aliphatic rings. The number of thioether (sulfide) groups is 4. The zero-order valence-corrected chi connectivity index (χ0v) is 57.5. The van der Waals surface area contributed by atoms with E-state index in [1.807, 2.05) is 68.6 Å². The van der Waals surface area contributed by atoms with Crippen molar-refractivity contribution in [3.63, 3.8) is 0 Å². The number of benzene rings is 2. The number of rotatable bonds is 4. The Bertz CT molecular complexity index is 1580. The summed E-state index contributed by atoms with van der Waals surface area (Å²) in [4.78, 5) is 55.9.